The van der Waals surface area contributed by atoms with Gasteiger partial charge in [0.25, 0.3) is 11.5 Å². The van der Waals surface area contributed by atoms with Gasteiger partial charge in [0.05, 0.1) is 11.5 Å². The minimum Gasteiger partial charge on any atom is -1.00 e. The van der Waals surface area contributed by atoms with Crippen molar-refractivity contribution in [3.63, 3.8) is 0 Å². The van der Waals surface area contributed by atoms with Crippen molar-refractivity contribution in [2.75, 3.05) is 0 Å². The lowest BCUT2D eigenvalue weighted by molar-refractivity contribution is -0.702. The lowest BCUT2D eigenvalue weighted by atomic mass is 10.1. The van der Waals surface area contributed by atoms with Gasteiger partial charge in [-0.05, 0) is 43.5 Å². The van der Waals surface area contributed by atoms with E-state index in [0.717, 1.165) is 47.2 Å². The zero-order valence-electron chi connectivity index (χ0n) is 14.6. The molecular weight excluding hydrogens is 474 g/mol. The first-order valence-corrected chi connectivity index (χ1v) is 9.57. The summed E-state index contributed by atoms with van der Waals surface area (Å²) in [4.78, 5) is 10.9. The monoisotopic (exact) mass is 491 g/mol. The second kappa shape index (κ2) is 8.35. The molecule has 4 rings (SSSR count). The van der Waals surface area contributed by atoms with Gasteiger partial charge < -0.3 is 17.0 Å². The van der Waals surface area contributed by atoms with Gasteiger partial charge in [-0.15, -0.1) is 0 Å². The van der Waals surface area contributed by atoms with Crippen LogP contribution in [0, 0.1) is 10.1 Å². The van der Waals surface area contributed by atoms with Gasteiger partial charge >= 0.3 is 0 Å². The lowest BCUT2D eigenvalue weighted by Crippen LogP contribution is -3.00. The highest BCUT2D eigenvalue weighted by Crippen LogP contribution is 2.29. The summed E-state index contributed by atoms with van der Waals surface area (Å²) in [5.41, 5.74) is 3.05. The maximum absolute atomic E-state index is 11.2. The molecule has 0 amide bonds. The van der Waals surface area contributed by atoms with E-state index in [4.69, 9.17) is 0 Å². The smallest absolute Gasteiger partial charge is 0.270 e. The molecule has 1 aromatic heterocycles. The zero-order valence-corrected chi connectivity index (χ0v) is 17.8. The van der Waals surface area contributed by atoms with Crippen LogP contribution in [0.2, 0.25) is 0 Å². The van der Waals surface area contributed by atoms with Crippen molar-refractivity contribution in [2.45, 2.75) is 32.2 Å². The van der Waals surface area contributed by atoms with Crippen molar-refractivity contribution >= 4 is 21.6 Å². The quantitative estimate of drug-likeness (QED) is 0.318. The van der Waals surface area contributed by atoms with E-state index in [-0.39, 0.29) is 27.6 Å². The highest BCUT2D eigenvalue weighted by Gasteiger charge is 2.27. The van der Waals surface area contributed by atoms with E-state index < -0.39 is 0 Å². The number of imidazole rings is 1. The maximum atomic E-state index is 11.2. The first-order valence-electron chi connectivity index (χ1n) is 8.78. The fourth-order valence-electron chi connectivity index (χ4n) is 3.60. The van der Waals surface area contributed by atoms with Crippen molar-refractivity contribution in [3.05, 3.63) is 75.1 Å². The molecule has 27 heavy (non-hydrogen) atoms. The zero-order chi connectivity index (χ0) is 18.1. The Morgan fingerprint density at radius 1 is 1.07 bits per heavy atom. The summed E-state index contributed by atoms with van der Waals surface area (Å²) in [6.07, 6.45) is 6.70. The molecule has 3 aromatic rings. The summed E-state index contributed by atoms with van der Waals surface area (Å²) in [5, 5.41) is 11.2. The second-order valence-electron chi connectivity index (χ2n) is 6.55. The molecule has 0 unspecified atom stereocenters. The number of hydrogen-bond donors (Lipinski definition) is 0. The Kier molecular flexibility index (Phi) is 6.11. The molecular formula is C20H19Br2N3O2. The second-order valence-corrected chi connectivity index (χ2v) is 7.47. The number of fused-ring (bicyclic) bond motifs is 1. The van der Waals surface area contributed by atoms with E-state index in [1.165, 1.54) is 18.3 Å². The van der Waals surface area contributed by atoms with E-state index in [0.29, 0.717) is 0 Å². The standard InChI is InChI=1S/C20H19BrN3O2.BrH/c21-16-8-10-17(11-9-16)23-19(14-22-12-3-1-2-7-20(22)23)15-5-4-6-18(13-15)24(25)26;/h4-6,8-11,13-14H,1-3,7,12H2;1H/q+1;/p-1. The molecule has 2 heterocycles. The van der Waals surface area contributed by atoms with Crippen molar-refractivity contribution in [1.82, 2.24) is 4.57 Å². The number of rotatable bonds is 3. The minimum absolute atomic E-state index is 0. The summed E-state index contributed by atoms with van der Waals surface area (Å²) >= 11 is 3.50. The number of aromatic nitrogens is 2. The number of benzene rings is 2. The third-order valence-corrected chi connectivity index (χ3v) is 5.37. The first-order chi connectivity index (χ1) is 12.6. The highest BCUT2D eigenvalue weighted by atomic mass is 79.9. The molecule has 140 valence electrons. The third kappa shape index (κ3) is 3.99. The van der Waals surface area contributed by atoms with Gasteiger partial charge in [0.1, 0.15) is 11.9 Å². The molecule has 0 bridgehead atoms. The van der Waals surface area contributed by atoms with Crippen LogP contribution >= 0.6 is 15.9 Å². The maximum Gasteiger partial charge on any atom is 0.270 e. The normalized spacial score (nSPS) is 13.4. The molecule has 7 heteroatoms. The molecule has 2 aromatic carbocycles. The molecule has 5 nitrogen and oxygen atoms in total. The number of nitrogens with zero attached hydrogens (tertiary/aromatic N) is 3. The molecule has 0 aliphatic carbocycles. The van der Waals surface area contributed by atoms with Crippen LogP contribution in [0.25, 0.3) is 16.9 Å². The summed E-state index contributed by atoms with van der Waals surface area (Å²) in [6.45, 7) is 0.987. The van der Waals surface area contributed by atoms with E-state index in [9.17, 15) is 10.1 Å². The molecule has 0 atom stereocenters. The number of nitro groups is 1. The van der Waals surface area contributed by atoms with Gasteiger partial charge in [-0.25, -0.2) is 4.57 Å². The Labute approximate surface area is 176 Å². The fourth-order valence-corrected chi connectivity index (χ4v) is 3.86. The molecule has 0 spiro atoms. The molecule has 0 saturated carbocycles. The van der Waals surface area contributed by atoms with Crippen LogP contribution in [-0.2, 0) is 13.0 Å². The summed E-state index contributed by atoms with van der Waals surface area (Å²) in [5.74, 6) is 1.26. The van der Waals surface area contributed by atoms with E-state index in [2.05, 4.69) is 43.4 Å². The molecule has 0 saturated heterocycles. The van der Waals surface area contributed by atoms with E-state index in [1.807, 2.05) is 18.2 Å². The van der Waals surface area contributed by atoms with Gasteiger partial charge in [0, 0.05) is 28.6 Å². The van der Waals surface area contributed by atoms with Crippen molar-refractivity contribution in [1.29, 1.82) is 0 Å². The summed E-state index contributed by atoms with van der Waals surface area (Å²) in [7, 11) is 0. The SMILES string of the molecule is O=[N+]([O-])c1cccc(-c2c[n+]3c(n2-c2ccc(Br)cc2)CCCCC3)c1.[Br-]. The van der Waals surface area contributed by atoms with Crippen molar-refractivity contribution in [3.8, 4) is 16.9 Å². The molecule has 1 aliphatic rings. The molecule has 1 aliphatic heterocycles. The van der Waals surface area contributed by atoms with Gasteiger partial charge in [0.2, 0.25) is 0 Å². The van der Waals surface area contributed by atoms with Crippen molar-refractivity contribution < 1.29 is 26.5 Å². The van der Waals surface area contributed by atoms with Crippen LogP contribution in [0.15, 0.2) is 59.2 Å². The Hall–Kier alpha value is -1.99. The van der Waals surface area contributed by atoms with E-state index >= 15 is 0 Å². The van der Waals surface area contributed by atoms with Gasteiger partial charge in [-0.1, -0.05) is 28.1 Å². The number of non-ortho nitro benzene ring substituents is 1. The van der Waals surface area contributed by atoms with Gasteiger partial charge in [0.15, 0.2) is 5.69 Å². The summed E-state index contributed by atoms with van der Waals surface area (Å²) < 4.78 is 5.59. The topological polar surface area (TPSA) is 52.0 Å². The lowest BCUT2D eigenvalue weighted by Gasteiger charge is -2.06. The Morgan fingerprint density at radius 2 is 1.85 bits per heavy atom. The number of hydrogen-bond acceptors (Lipinski definition) is 2. The molecule has 0 radical (unpaired) electrons. The average Bonchev–Trinajstić information content (AvgIpc) is 2.85. The van der Waals surface area contributed by atoms with Gasteiger partial charge in [-0.2, -0.15) is 4.57 Å². The first kappa shape index (κ1) is 19.8. The van der Waals surface area contributed by atoms with E-state index in [1.54, 1.807) is 12.1 Å². The molecule has 0 N–H and O–H groups in total. The molecule has 0 fully saturated rings. The van der Waals surface area contributed by atoms with Crippen LogP contribution in [-0.4, -0.2) is 9.49 Å². The summed E-state index contributed by atoms with van der Waals surface area (Å²) in [6, 6.07) is 15.1. The van der Waals surface area contributed by atoms with Crippen molar-refractivity contribution in [2.24, 2.45) is 0 Å². The largest absolute Gasteiger partial charge is 1.00 e. The Balaban J connectivity index is 0.00000210. The third-order valence-electron chi connectivity index (χ3n) is 4.85. The Morgan fingerprint density at radius 3 is 2.59 bits per heavy atom. The van der Waals surface area contributed by atoms with Gasteiger partial charge in [-0.3, -0.25) is 10.1 Å². The van der Waals surface area contributed by atoms with Crippen LogP contribution in [0.3, 0.4) is 0 Å². The van der Waals surface area contributed by atoms with Crippen LogP contribution in [0.4, 0.5) is 5.69 Å². The predicted octanol–water partition coefficient (Wildman–Crippen LogP) is 1.83. The highest BCUT2D eigenvalue weighted by molar-refractivity contribution is 9.10. The fraction of sp³-hybridized carbons (Fsp3) is 0.250. The number of halogens is 2. The van der Waals surface area contributed by atoms with Crippen LogP contribution < -0.4 is 21.5 Å². The average molecular weight is 493 g/mol. The predicted molar refractivity (Wildman–Crippen MR) is 103 cm³/mol. The van der Waals surface area contributed by atoms with Crippen LogP contribution in [0.1, 0.15) is 25.1 Å². The number of nitro benzene ring substituents is 1. The minimum atomic E-state index is -0.339. The number of aryl methyl sites for hydroxylation is 1. The Bertz CT molecular complexity index is 968. The van der Waals surface area contributed by atoms with Crippen LogP contribution in [0.5, 0.6) is 0 Å².